The molecule has 0 aromatic heterocycles. The van der Waals surface area contributed by atoms with Gasteiger partial charge in [-0.05, 0) is 76.3 Å². The van der Waals surface area contributed by atoms with Crippen molar-refractivity contribution in [2.24, 2.45) is 0 Å². The molecular formula is C16H25N3O4S. The Morgan fingerprint density at radius 2 is 1.21 bits per heavy atom. The molecule has 0 unspecified atom stereocenters. The van der Waals surface area contributed by atoms with Crippen LogP contribution in [-0.4, -0.2) is 26.3 Å². The normalized spacial score (nSPS) is 11.5. The number of sulfonamides is 1. The minimum atomic E-state index is -4.00. The third kappa shape index (κ3) is 4.12. The monoisotopic (exact) mass is 355 g/mol. The fourth-order valence-corrected chi connectivity index (χ4v) is 3.86. The van der Waals surface area contributed by atoms with Crippen molar-refractivity contribution < 1.29 is 18.0 Å². The molecule has 7 nitrogen and oxygen atoms in total. The Morgan fingerprint density at radius 1 is 0.792 bits per heavy atom. The molecule has 3 N–H and O–H groups in total. The Morgan fingerprint density at radius 3 is 1.62 bits per heavy atom. The summed E-state index contributed by atoms with van der Waals surface area (Å²) in [6, 6.07) is -0.230. The Labute approximate surface area is 143 Å². The van der Waals surface area contributed by atoms with Crippen molar-refractivity contribution >= 4 is 21.8 Å². The molecule has 1 rings (SSSR count). The van der Waals surface area contributed by atoms with Gasteiger partial charge in [0, 0.05) is 6.04 Å². The van der Waals surface area contributed by atoms with E-state index in [2.05, 4.69) is 5.32 Å². The third-order valence-corrected chi connectivity index (χ3v) is 5.65. The minimum absolute atomic E-state index is 0.118. The second kappa shape index (κ2) is 7.31. The van der Waals surface area contributed by atoms with Crippen LogP contribution in [0.4, 0.5) is 0 Å². The molecule has 1 aromatic rings. The first-order valence-corrected chi connectivity index (χ1v) is 9.08. The van der Waals surface area contributed by atoms with Gasteiger partial charge < -0.3 is 5.32 Å². The smallest absolute Gasteiger partial charge is 0.324 e. The lowest BCUT2D eigenvalue weighted by atomic mass is 9.95. The summed E-state index contributed by atoms with van der Waals surface area (Å²) in [5.41, 5.74) is 5.96. The average molecular weight is 355 g/mol. The maximum atomic E-state index is 12.6. The Hall–Kier alpha value is -1.93. The first-order chi connectivity index (χ1) is 10.9. The lowest BCUT2D eigenvalue weighted by molar-refractivity contribution is -0.139. The Balaban J connectivity index is 3.11. The zero-order valence-electron chi connectivity index (χ0n) is 15.1. The number of carbonyl (C=O) groups excluding carboxylic acids is 2. The summed E-state index contributed by atoms with van der Waals surface area (Å²) in [4.78, 5) is 25.3. The predicted octanol–water partition coefficient (Wildman–Crippen LogP) is 1.06. The standard InChI is InChI=1S/C16H25N3O4S/c1-8(2)17-15(20)16(21)18-19-24(22,23)14-12(6)10(4)9(3)11(5)13(14)7/h8,19H,1-7H3,(H,17,20)(H,18,21). The van der Waals surface area contributed by atoms with Crippen LogP contribution in [0.2, 0.25) is 0 Å². The number of amides is 2. The van der Waals surface area contributed by atoms with Gasteiger partial charge in [0.2, 0.25) is 0 Å². The van der Waals surface area contributed by atoms with E-state index in [1.165, 1.54) is 0 Å². The van der Waals surface area contributed by atoms with Gasteiger partial charge in [0.25, 0.3) is 10.0 Å². The quantitative estimate of drug-likeness (QED) is 0.555. The van der Waals surface area contributed by atoms with Crippen LogP contribution in [0.3, 0.4) is 0 Å². The molecule has 0 radical (unpaired) electrons. The lowest BCUT2D eigenvalue weighted by Gasteiger charge is -2.19. The van der Waals surface area contributed by atoms with Crippen LogP contribution in [0, 0.1) is 34.6 Å². The van der Waals surface area contributed by atoms with Crippen molar-refractivity contribution in [3.05, 3.63) is 27.8 Å². The van der Waals surface area contributed by atoms with E-state index in [9.17, 15) is 18.0 Å². The van der Waals surface area contributed by atoms with Crippen molar-refractivity contribution in [1.82, 2.24) is 15.6 Å². The van der Waals surface area contributed by atoms with E-state index in [0.29, 0.717) is 11.1 Å². The molecule has 24 heavy (non-hydrogen) atoms. The number of hydrogen-bond donors (Lipinski definition) is 3. The zero-order chi connectivity index (χ0) is 18.8. The number of benzene rings is 1. The highest BCUT2D eigenvalue weighted by Gasteiger charge is 2.25. The predicted molar refractivity (Wildman–Crippen MR) is 91.9 cm³/mol. The Bertz CT molecular complexity index is 754. The van der Waals surface area contributed by atoms with Gasteiger partial charge in [-0.2, -0.15) is 0 Å². The maximum absolute atomic E-state index is 12.6. The van der Waals surface area contributed by atoms with E-state index in [4.69, 9.17) is 0 Å². The second-order valence-corrected chi connectivity index (χ2v) is 7.76. The molecule has 0 bridgehead atoms. The summed E-state index contributed by atoms with van der Waals surface area (Å²) in [5, 5.41) is 2.38. The van der Waals surface area contributed by atoms with Gasteiger partial charge in [0.15, 0.2) is 0 Å². The van der Waals surface area contributed by atoms with Gasteiger partial charge in [-0.15, -0.1) is 4.83 Å². The van der Waals surface area contributed by atoms with Crippen molar-refractivity contribution in [3.8, 4) is 0 Å². The number of carbonyl (C=O) groups is 2. The molecule has 0 saturated carbocycles. The maximum Gasteiger partial charge on any atom is 0.324 e. The van der Waals surface area contributed by atoms with Crippen molar-refractivity contribution in [3.63, 3.8) is 0 Å². The topological polar surface area (TPSA) is 104 Å². The van der Waals surface area contributed by atoms with Crippen molar-refractivity contribution in [2.75, 3.05) is 0 Å². The molecule has 0 saturated heterocycles. The fourth-order valence-electron chi connectivity index (χ4n) is 2.42. The minimum Gasteiger partial charge on any atom is -0.346 e. The molecular weight excluding hydrogens is 330 g/mol. The molecule has 0 heterocycles. The van der Waals surface area contributed by atoms with Crippen LogP contribution in [0.25, 0.3) is 0 Å². The number of hydrogen-bond acceptors (Lipinski definition) is 4. The molecule has 0 atom stereocenters. The second-order valence-electron chi connectivity index (χ2n) is 6.14. The summed E-state index contributed by atoms with van der Waals surface area (Å²) in [5.74, 6) is -1.97. The SMILES string of the molecule is Cc1c(C)c(C)c(S(=O)(=O)NNC(=O)C(=O)NC(C)C)c(C)c1C. The van der Waals surface area contributed by atoms with Crippen LogP contribution >= 0.6 is 0 Å². The van der Waals surface area contributed by atoms with Crippen LogP contribution in [0.5, 0.6) is 0 Å². The van der Waals surface area contributed by atoms with E-state index in [1.807, 2.05) is 31.0 Å². The average Bonchev–Trinajstić information content (AvgIpc) is 2.48. The van der Waals surface area contributed by atoms with Gasteiger partial charge in [-0.3, -0.25) is 15.0 Å². The summed E-state index contributed by atoms with van der Waals surface area (Å²) >= 11 is 0. The first-order valence-electron chi connectivity index (χ1n) is 7.59. The van der Waals surface area contributed by atoms with Crippen LogP contribution in [0.1, 0.15) is 41.7 Å². The van der Waals surface area contributed by atoms with Gasteiger partial charge >= 0.3 is 11.8 Å². The largest absolute Gasteiger partial charge is 0.346 e. The van der Waals surface area contributed by atoms with E-state index in [1.54, 1.807) is 27.7 Å². The molecule has 0 aliphatic rings. The summed E-state index contributed by atoms with van der Waals surface area (Å²) < 4.78 is 25.2. The highest BCUT2D eigenvalue weighted by Crippen LogP contribution is 2.29. The van der Waals surface area contributed by atoms with E-state index < -0.39 is 21.8 Å². The number of hydrazine groups is 1. The molecule has 8 heteroatoms. The Kier molecular flexibility index (Phi) is 6.13. The molecule has 0 aliphatic carbocycles. The van der Waals surface area contributed by atoms with E-state index >= 15 is 0 Å². The molecule has 0 spiro atoms. The van der Waals surface area contributed by atoms with E-state index in [0.717, 1.165) is 16.7 Å². The molecule has 134 valence electrons. The molecule has 0 aliphatic heterocycles. The molecule has 1 aromatic carbocycles. The van der Waals surface area contributed by atoms with Crippen LogP contribution < -0.4 is 15.6 Å². The highest BCUT2D eigenvalue weighted by molar-refractivity contribution is 7.89. The number of nitrogens with one attached hydrogen (secondary N) is 3. The van der Waals surface area contributed by atoms with Gasteiger partial charge in [-0.1, -0.05) is 0 Å². The summed E-state index contributed by atoms with van der Waals surface area (Å²) in [6.45, 7) is 12.5. The zero-order valence-corrected chi connectivity index (χ0v) is 15.9. The fraction of sp³-hybridized carbons (Fsp3) is 0.500. The highest BCUT2D eigenvalue weighted by atomic mass is 32.2. The van der Waals surface area contributed by atoms with Crippen LogP contribution in [0.15, 0.2) is 4.90 Å². The van der Waals surface area contributed by atoms with Gasteiger partial charge in [0.1, 0.15) is 0 Å². The summed E-state index contributed by atoms with van der Waals surface area (Å²) in [6.07, 6.45) is 0. The van der Waals surface area contributed by atoms with Gasteiger partial charge in [-0.25, -0.2) is 8.42 Å². The van der Waals surface area contributed by atoms with Crippen molar-refractivity contribution in [1.29, 1.82) is 0 Å². The summed E-state index contributed by atoms with van der Waals surface area (Å²) in [7, 11) is -4.00. The number of rotatable bonds is 4. The van der Waals surface area contributed by atoms with Crippen molar-refractivity contribution in [2.45, 2.75) is 59.4 Å². The van der Waals surface area contributed by atoms with Gasteiger partial charge in [0.05, 0.1) is 4.90 Å². The first kappa shape index (κ1) is 20.1. The van der Waals surface area contributed by atoms with Crippen LogP contribution in [-0.2, 0) is 19.6 Å². The third-order valence-electron chi connectivity index (χ3n) is 4.12. The molecule has 0 fully saturated rings. The van der Waals surface area contributed by atoms with E-state index in [-0.39, 0.29) is 10.9 Å². The lowest BCUT2D eigenvalue weighted by Crippen LogP contribution is -2.49. The molecule has 2 amide bonds.